The lowest BCUT2D eigenvalue weighted by atomic mass is 10.1. The predicted molar refractivity (Wildman–Crippen MR) is 107 cm³/mol. The number of para-hydroxylation sites is 1. The highest BCUT2D eigenvalue weighted by Crippen LogP contribution is 2.35. The topological polar surface area (TPSA) is 66.8 Å². The predicted octanol–water partition coefficient (Wildman–Crippen LogP) is 3.63. The lowest BCUT2D eigenvalue weighted by molar-refractivity contribution is -0.139. The van der Waals surface area contributed by atoms with E-state index in [4.69, 9.17) is 14.2 Å². The molecule has 0 spiro atoms. The van der Waals surface area contributed by atoms with E-state index in [9.17, 15) is 9.59 Å². The summed E-state index contributed by atoms with van der Waals surface area (Å²) in [7, 11) is 0. The number of ether oxygens (including phenoxy) is 3. The lowest BCUT2D eigenvalue weighted by Gasteiger charge is -2.10. The number of benzene rings is 2. The Kier molecular flexibility index (Phi) is 6.11. The number of fused-ring (bicyclic) bond motifs is 3. The maximum atomic E-state index is 11.3. The smallest absolute Gasteiger partial charge is 0.330 e. The molecule has 0 unspecified atom stereocenters. The molecule has 144 valence electrons. The summed E-state index contributed by atoms with van der Waals surface area (Å²) in [6.07, 6.45) is 2.27. The van der Waals surface area contributed by atoms with E-state index in [1.807, 2.05) is 42.5 Å². The van der Waals surface area contributed by atoms with E-state index in [1.54, 1.807) is 0 Å². The minimum atomic E-state index is -0.479. The highest BCUT2D eigenvalue weighted by molar-refractivity contribution is 6.11. The molecule has 3 rings (SSSR count). The highest BCUT2D eigenvalue weighted by Gasteiger charge is 2.14. The van der Waals surface area contributed by atoms with Crippen LogP contribution in [0.3, 0.4) is 0 Å². The van der Waals surface area contributed by atoms with Crippen molar-refractivity contribution >= 4 is 33.7 Å². The molecule has 0 bridgehead atoms. The Hall–Kier alpha value is -3.54. The first-order valence-corrected chi connectivity index (χ1v) is 8.87. The highest BCUT2D eigenvalue weighted by atomic mass is 16.6. The first-order valence-electron chi connectivity index (χ1n) is 8.87. The molecule has 6 heteroatoms. The molecular formula is C22H21NO5. The molecule has 1 heterocycles. The van der Waals surface area contributed by atoms with Gasteiger partial charge in [-0.05, 0) is 18.2 Å². The second-order valence-corrected chi connectivity index (χ2v) is 5.91. The van der Waals surface area contributed by atoms with Crippen molar-refractivity contribution in [3.63, 3.8) is 0 Å². The normalized spacial score (nSPS) is 10.6. The van der Waals surface area contributed by atoms with E-state index in [2.05, 4.69) is 17.7 Å². The Labute approximate surface area is 162 Å². The summed E-state index contributed by atoms with van der Waals surface area (Å²) in [5.41, 5.74) is 1.98. The molecule has 0 saturated carbocycles. The van der Waals surface area contributed by atoms with Crippen LogP contribution < -0.4 is 4.74 Å². The van der Waals surface area contributed by atoms with Crippen LogP contribution in [0.25, 0.3) is 21.8 Å². The van der Waals surface area contributed by atoms with Gasteiger partial charge in [0.2, 0.25) is 0 Å². The molecule has 0 fully saturated rings. The molecule has 0 N–H and O–H groups in total. The fraction of sp³-hybridized carbons (Fsp3) is 0.182. The molecule has 1 aromatic heterocycles. The minimum Gasteiger partial charge on any atom is -0.489 e. The van der Waals surface area contributed by atoms with Crippen LogP contribution in [0.2, 0.25) is 0 Å². The SMILES string of the molecule is C=CC(=O)OCCOc1cccc2c1c1ccccc1n2CCOC(=O)C=C. The second-order valence-electron chi connectivity index (χ2n) is 5.91. The van der Waals surface area contributed by atoms with Gasteiger partial charge in [0.05, 0.1) is 12.1 Å². The van der Waals surface area contributed by atoms with Crippen molar-refractivity contribution in [3.8, 4) is 5.75 Å². The van der Waals surface area contributed by atoms with Gasteiger partial charge >= 0.3 is 11.9 Å². The fourth-order valence-electron chi connectivity index (χ4n) is 3.08. The van der Waals surface area contributed by atoms with Crippen LogP contribution in [-0.2, 0) is 25.6 Å². The zero-order valence-electron chi connectivity index (χ0n) is 15.4. The number of carbonyl (C=O) groups is 2. The summed E-state index contributed by atoms with van der Waals surface area (Å²) in [6.45, 7) is 7.88. The zero-order chi connectivity index (χ0) is 19.9. The summed E-state index contributed by atoms with van der Waals surface area (Å²) in [6, 6.07) is 13.7. The summed E-state index contributed by atoms with van der Waals surface area (Å²) < 4.78 is 18.1. The summed E-state index contributed by atoms with van der Waals surface area (Å²) in [5.74, 6) is -0.225. The Morgan fingerprint density at radius 2 is 1.54 bits per heavy atom. The number of esters is 2. The van der Waals surface area contributed by atoms with Gasteiger partial charge in [-0.3, -0.25) is 0 Å². The molecule has 0 aliphatic rings. The van der Waals surface area contributed by atoms with Gasteiger partial charge < -0.3 is 18.8 Å². The van der Waals surface area contributed by atoms with Crippen LogP contribution in [0.1, 0.15) is 0 Å². The number of nitrogens with zero attached hydrogens (tertiary/aromatic N) is 1. The van der Waals surface area contributed by atoms with Crippen molar-refractivity contribution in [2.45, 2.75) is 6.54 Å². The number of hydrogen-bond donors (Lipinski definition) is 0. The van der Waals surface area contributed by atoms with Crippen molar-refractivity contribution < 1.29 is 23.8 Å². The molecule has 28 heavy (non-hydrogen) atoms. The molecule has 0 saturated heterocycles. The summed E-state index contributed by atoms with van der Waals surface area (Å²) in [5, 5.41) is 1.99. The number of rotatable bonds is 9. The Balaban J connectivity index is 1.89. The van der Waals surface area contributed by atoms with Crippen molar-refractivity contribution in [2.75, 3.05) is 19.8 Å². The first kappa shape index (κ1) is 19.2. The minimum absolute atomic E-state index is 0.136. The molecule has 6 nitrogen and oxygen atoms in total. The van der Waals surface area contributed by atoms with Crippen molar-refractivity contribution in [3.05, 3.63) is 67.8 Å². The zero-order valence-corrected chi connectivity index (χ0v) is 15.4. The summed E-state index contributed by atoms with van der Waals surface area (Å²) in [4.78, 5) is 22.5. The van der Waals surface area contributed by atoms with Crippen molar-refractivity contribution in [2.24, 2.45) is 0 Å². The molecule has 2 aromatic carbocycles. The van der Waals surface area contributed by atoms with Gasteiger partial charge in [0, 0.05) is 28.4 Å². The third-order valence-corrected chi connectivity index (χ3v) is 4.24. The van der Waals surface area contributed by atoms with Crippen molar-refractivity contribution in [1.29, 1.82) is 0 Å². The van der Waals surface area contributed by atoms with Gasteiger partial charge in [0.1, 0.15) is 25.6 Å². The van der Waals surface area contributed by atoms with Gasteiger partial charge in [-0.1, -0.05) is 37.4 Å². The third-order valence-electron chi connectivity index (χ3n) is 4.24. The van der Waals surface area contributed by atoms with Gasteiger partial charge in [-0.25, -0.2) is 9.59 Å². The number of aromatic nitrogens is 1. The number of carbonyl (C=O) groups excluding carboxylic acids is 2. The van der Waals surface area contributed by atoms with Crippen molar-refractivity contribution in [1.82, 2.24) is 4.57 Å². The van der Waals surface area contributed by atoms with Crippen LogP contribution in [0.15, 0.2) is 67.8 Å². The van der Waals surface area contributed by atoms with E-state index in [0.29, 0.717) is 12.3 Å². The Bertz CT molecular complexity index is 1030. The molecule has 0 aliphatic heterocycles. The lowest BCUT2D eigenvalue weighted by Crippen LogP contribution is -2.10. The van der Waals surface area contributed by atoms with Crippen LogP contribution in [0.4, 0.5) is 0 Å². The van der Waals surface area contributed by atoms with Crippen LogP contribution in [0, 0.1) is 0 Å². The van der Waals surface area contributed by atoms with E-state index in [0.717, 1.165) is 34.0 Å². The van der Waals surface area contributed by atoms with Gasteiger partial charge in [0.15, 0.2) is 0 Å². The van der Waals surface area contributed by atoms with E-state index in [-0.39, 0.29) is 19.8 Å². The fourth-order valence-corrected chi connectivity index (χ4v) is 3.08. The molecule has 0 aliphatic carbocycles. The average molecular weight is 379 g/mol. The van der Waals surface area contributed by atoms with Crippen LogP contribution in [0.5, 0.6) is 5.75 Å². The monoisotopic (exact) mass is 379 g/mol. The Morgan fingerprint density at radius 1 is 0.857 bits per heavy atom. The maximum absolute atomic E-state index is 11.3. The average Bonchev–Trinajstić information content (AvgIpc) is 3.05. The van der Waals surface area contributed by atoms with Gasteiger partial charge in [-0.15, -0.1) is 0 Å². The summed E-state index contributed by atoms with van der Waals surface area (Å²) >= 11 is 0. The Morgan fingerprint density at radius 3 is 2.29 bits per heavy atom. The van der Waals surface area contributed by atoms with Crippen LogP contribution in [-0.4, -0.2) is 36.3 Å². The van der Waals surface area contributed by atoms with E-state index in [1.165, 1.54) is 0 Å². The molecule has 0 radical (unpaired) electrons. The van der Waals surface area contributed by atoms with E-state index < -0.39 is 11.9 Å². The van der Waals surface area contributed by atoms with Gasteiger partial charge in [-0.2, -0.15) is 0 Å². The van der Waals surface area contributed by atoms with Crippen LogP contribution >= 0.6 is 0 Å². The quantitative estimate of drug-likeness (QED) is 0.323. The van der Waals surface area contributed by atoms with Gasteiger partial charge in [0.25, 0.3) is 0 Å². The first-order chi connectivity index (χ1) is 13.7. The number of hydrogen-bond acceptors (Lipinski definition) is 5. The standard InChI is InChI=1S/C22H21NO5/c1-3-20(24)27-13-12-23-17-9-6-5-8-16(17)22-18(23)10-7-11-19(22)26-14-15-28-21(25)4-2/h3-11H,1-2,12-15H2. The molecular weight excluding hydrogens is 358 g/mol. The second kappa shape index (κ2) is 8.90. The third kappa shape index (κ3) is 4.06. The molecule has 0 amide bonds. The van der Waals surface area contributed by atoms with E-state index >= 15 is 0 Å². The maximum Gasteiger partial charge on any atom is 0.330 e. The molecule has 3 aromatic rings. The molecule has 0 atom stereocenters. The largest absolute Gasteiger partial charge is 0.489 e.